The highest BCUT2D eigenvalue weighted by molar-refractivity contribution is 9.10. The maximum absolute atomic E-state index is 10.1. The van der Waals surface area contributed by atoms with E-state index in [1.165, 1.54) is 12.8 Å². The van der Waals surface area contributed by atoms with Crippen LogP contribution in [0.2, 0.25) is 0 Å². The van der Waals surface area contributed by atoms with E-state index in [0.717, 1.165) is 16.6 Å². The first-order chi connectivity index (χ1) is 7.63. The number of unbranched alkanes of at least 4 members (excludes halogenated alkanes) is 1. The Labute approximate surface area is 106 Å². The van der Waals surface area contributed by atoms with Crippen LogP contribution in [0, 0.1) is 0 Å². The summed E-state index contributed by atoms with van der Waals surface area (Å²) in [5.41, 5.74) is 0.970. The summed E-state index contributed by atoms with van der Waals surface area (Å²) in [5, 5.41) is 10.1. The summed E-state index contributed by atoms with van der Waals surface area (Å²) in [7, 11) is 2.05. The van der Waals surface area contributed by atoms with Gasteiger partial charge in [0.05, 0.1) is 6.10 Å². The third-order valence-corrected chi connectivity index (χ3v) is 3.10. The van der Waals surface area contributed by atoms with Crippen LogP contribution in [-0.4, -0.2) is 30.1 Å². The third kappa shape index (κ3) is 4.64. The fourth-order valence-electron chi connectivity index (χ4n) is 1.63. The molecule has 0 saturated carbocycles. The fourth-order valence-corrected chi connectivity index (χ4v) is 2.05. The molecular formula is C13H20BrNO. The van der Waals surface area contributed by atoms with Gasteiger partial charge in [-0.15, -0.1) is 0 Å². The number of nitrogens with zero attached hydrogens (tertiary/aromatic N) is 1. The van der Waals surface area contributed by atoms with E-state index in [1.54, 1.807) is 0 Å². The molecule has 0 bridgehead atoms. The SMILES string of the molecule is CCCCN(C)CC(O)c1cccc(Br)c1. The van der Waals surface area contributed by atoms with Gasteiger partial charge in [0.25, 0.3) is 0 Å². The molecule has 0 heterocycles. The minimum Gasteiger partial charge on any atom is -0.387 e. The molecule has 1 N–H and O–H groups in total. The molecule has 2 nitrogen and oxygen atoms in total. The summed E-state index contributed by atoms with van der Waals surface area (Å²) >= 11 is 3.41. The zero-order chi connectivity index (χ0) is 12.0. The lowest BCUT2D eigenvalue weighted by Gasteiger charge is -2.20. The van der Waals surface area contributed by atoms with E-state index in [0.29, 0.717) is 6.54 Å². The Kier molecular flexibility index (Phi) is 6.03. The van der Waals surface area contributed by atoms with Crippen molar-refractivity contribution in [3.63, 3.8) is 0 Å². The first-order valence-electron chi connectivity index (χ1n) is 5.75. The molecule has 1 aromatic rings. The number of hydrogen-bond acceptors (Lipinski definition) is 2. The molecular weight excluding hydrogens is 266 g/mol. The van der Waals surface area contributed by atoms with Crippen molar-refractivity contribution in [3.8, 4) is 0 Å². The van der Waals surface area contributed by atoms with Crippen molar-refractivity contribution in [3.05, 3.63) is 34.3 Å². The molecule has 1 aromatic carbocycles. The second kappa shape index (κ2) is 7.05. The van der Waals surface area contributed by atoms with E-state index in [1.807, 2.05) is 24.3 Å². The number of benzene rings is 1. The largest absolute Gasteiger partial charge is 0.387 e. The monoisotopic (exact) mass is 285 g/mol. The van der Waals surface area contributed by atoms with E-state index in [-0.39, 0.29) is 0 Å². The van der Waals surface area contributed by atoms with Gasteiger partial charge in [0.1, 0.15) is 0 Å². The molecule has 1 rings (SSSR count). The topological polar surface area (TPSA) is 23.5 Å². The van der Waals surface area contributed by atoms with Gasteiger partial charge in [0, 0.05) is 11.0 Å². The Hall–Kier alpha value is -0.380. The van der Waals surface area contributed by atoms with Gasteiger partial charge in [-0.25, -0.2) is 0 Å². The first-order valence-corrected chi connectivity index (χ1v) is 6.55. The first kappa shape index (κ1) is 13.7. The molecule has 0 amide bonds. The Morgan fingerprint density at radius 1 is 1.44 bits per heavy atom. The molecule has 90 valence electrons. The van der Waals surface area contributed by atoms with Crippen molar-refractivity contribution in [1.82, 2.24) is 4.90 Å². The van der Waals surface area contributed by atoms with Gasteiger partial charge >= 0.3 is 0 Å². The molecule has 16 heavy (non-hydrogen) atoms. The highest BCUT2D eigenvalue weighted by Gasteiger charge is 2.10. The quantitative estimate of drug-likeness (QED) is 0.868. The minimum absolute atomic E-state index is 0.403. The third-order valence-electron chi connectivity index (χ3n) is 2.61. The lowest BCUT2D eigenvalue weighted by molar-refractivity contribution is 0.126. The molecule has 0 radical (unpaired) electrons. The van der Waals surface area contributed by atoms with Gasteiger partial charge in [-0.3, -0.25) is 0 Å². The second-order valence-electron chi connectivity index (χ2n) is 4.19. The van der Waals surface area contributed by atoms with E-state index < -0.39 is 6.10 Å². The molecule has 0 aliphatic rings. The highest BCUT2D eigenvalue weighted by Crippen LogP contribution is 2.18. The Bertz CT molecular complexity index is 317. The van der Waals surface area contributed by atoms with Gasteiger partial charge in [-0.2, -0.15) is 0 Å². The summed E-state index contributed by atoms with van der Waals surface area (Å²) < 4.78 is 1.01. The van der Waals surface area contributed by atoms with Crippen molar-refractivity contribution < 1.29 is 5.11 Å². The molecule has 0 saturated heterocycles. The van der Waals surface area contributed by atoms with Gasteiger partial charge in [-0.1, -0.05) is 41.4 Å². The van der Waals surface area contributed by atoms with E-state index >= 15 is 0 Å². The fraction of sp³-hybridized carbons (Fsp3) is 0.538. The normalized spacial score (nSPS) is 13.1. The van der Waals surface area contributed by atoms with Crippen LogP contribution in [0.3, 0.4) is 0 Å². The maximum Gasteiger partial charge on any atom is 0.0917 e. The zero-order valence-electron chi connectivity index (χ0n) is 9.99. The molecule has 0 spiro atoms. The van der Waals surface area contributed by atoms with Gasteiger partial charge < -0.3 is 10.0 Å². The Morgan fingerprint density at radius 3 is 2.81 bits per heavy atom. The Morgan fingerprint density at radius 2 is 2.19 bits per heavy atom. The van der Waals surface area contributed by atoms with Crippen LogP contribution in [0.4, 0.5) is 0 Å². The van der Waals surface area contributed by atoms with Gasteiger partial charge in [0.15, 0.2) is 0 Å². The predicted molar refractivity (Wildman–Crippen MR) is 71.5 cm³/mol. The molecule has 3 heteroatoms. The predicted octanol–water partition coefficient (Wildman–Crippen LogP) is 3.21. The van der Waals surface area contributed by atoms with Crippen LogP contribution in [0.25, 0.3) is 0 Å². The minimum atomic E-state index is -0.403. The molecule has 1 unspecified atom stereocenters. The van der Waals surface area contributed by atoms with Crippen LogP contribution in [-0.2, 0) is 0 Å². The number of aliphatic hydroxyl groups excluding tert-OH is 1. The van der Waals surface area contributed by atoms with Crippen molar-refractivity contribution in [1.29, 1.82) is 0 Å². The van der Waals surface area contributed by atoms with Crippen LogP contribution in [0.15, 0.2) is 28.7 Å². The van der Waals surface area contributed by atoms with Gasteiger partial charge in [-0.05, 0) is 37.7 Å². The van der Waals surface area contributed by atoms with Crippen LogP contribution in [0.5, 0.6) is 0 Å². The van der Waals surface area contributed by atoms with E-state index in [9.17, 15) is 5.11 Å². The molecule has 0 aliphatic heterocycles. The van der Waals surface area contributed by atoms with Crippen LogP contribution in [0.1, 0.15) is 31.4 Å². The van der Waals surface area contributed by atoms with Crippen molar-refractivity contribution >= 4 is 15.9 Å². The van der Waals surface area contributed by atoms with Crippen molar-refractivity contribution in [2.24, 2.45) is 0 Å². The smallest absolute Gasteiger partial charge is 0.0917 e. The average molecular weight is 286 g/mol. The standard InChI is InChI=1S/C13H20BrNO/c1-3-4-8-15(2)10-13(16)11-6-5-7-12(14)9-11/h5-7,9,13,16H,3-4,8,10H2,1-2H3. The summed E-state index contributed by atoms with van der Waals surface area (Å²) in [5.74, 6) is 0. The number of rotatable bonds is 6. The summed E-state index contributed by atoms with van der Waals surface area (Å²) in [6.07, 6.45) is 1.97. The van der Waals surface area contributed by atoms with Crippen molar-refractivity contribution in [2.45, 2.75) is 25.9 Å². The van der Waals surface area contributed by atoms with Crippen molar-refractivity contribution in [2.75, 3.05) is 20.1 Å². The molecule has 0 fully saturated rings. The molecule has 1 atom stereocenters. The summed E-state index contributed by atoms with van der Waals surface area (Å²) in [6.45, 7) is 3.91. The lowest BCUT2D eigenvalue weighted by Crippen LogP contribution is -2.25. The zero-order valence-corrected chi connectivity index (χ0v) is 11.6. The number of hydrogen-bond donors (Lipinski definition) is 1. The maximum atomic E-state index is 10.1. The lowest BCUT2D eigenvalue weighted by atomic mass is 10.1. The molecule has 0 aliphatic carbocycles. The Balaban J connectivity index is 2.48. The second-order valence-corrected chi connectivity index (χ2v) is 5.10. The number of likely N-dealkylation sites (N-methyl/N-ethyl adjacent to an activating group) is 1. The summed E-state index contributed by atoms with van der Waals surface area (Å²) in [6, 6.07) is 7.85. The van der Waals surface area contributed by atoms with E-state index in [2.05, 4.69) is 34.8 Å². The van der Waals surface area contributed by atoms with Crippen LogP contribution < -0.4 is 0 Å². The number of aliphatic hydroxyl groups is 1. The highest BCUT2D eigenvalue weighted by atomic mass is 79.9. The molecule has 0 aromatic heterocycles. The van der Waals surface area contributed by atoms with Crippen LogP contribution >= 0.6 is 15.9 Å². The average Bonchev–Trinajstić information content (AvgIpc) is 2.26. The summed E-state index contributed by atoms with van der Waals surface area (Å²) in [4.78, 5) is 2.18. The van der Waals surface area contributed by atoms with Gasteiger partial charge in [0.2, 0.25) is 0 Å². The number of halogens is 1. The van der Waals surface area contributed by atoms with E-state index in [4.69, 9.17) is 0 Å².